The summed E-state index contributed by atoms with van der Waals surface area (Å²) in [5.74, 6) is -1.07. The molecule has 0 atom stereocenters. The molecule has 0 aliphatic heterocycles. The Morgan fingerprint density at radius 1 is 1.62 bits per heavy atom. The van der Waals surface area contributed by atoms with E-state index in [9.17, 15) is 4.79 Å². The number of carboxylic acids is 1. The zero-order valence-electron chi connectivity index (χ0n) is 7.19. The van der Waals surface area contributed by atoms with Gasteiger partial charge in [0, 0.05) is 0 Å². The van der Waals surface area contributed by atoms with Crippen molar-refractivity contribution in [2.24, 2.45) is 5.10 Å². The highest BCUT2D eigenvalue weighted by Gasteiger charge is 1.89. The van der Waals surface area contributed by atoms with Gasteiger partial charge in [0.15, 0.2) is 0 Å². The predicted octanol–water partition coefficient (Wildman–Crippen LogP) is 1.48. The minimum atomic E-state index is -1.07. The van der Waals surface area contributed by atoms with Gasteiger partial charge in [-0.3, -0.25) is 5.43 Å². The van der Waals surface area contributed by atoms with Crippen LogP contribution in [0.4, 0.5) is 5.69 Å². The third-order valence-corrected chi connectivity index (χ3v) is 1.39. The summed E-state index contributed by atoms with van der Waals surface area (Å²) < 4.78 is 0. The third kappa shape index (κ3) is 3.37. The van der Waals surface area contributed by atoms with Gasteiger partial charge in [0.1, 0.15) is 6.21 Å². The van der Waals surface area contributed by atoms with Crippen LogP contribution in [0.1, 0.15) is 5.56 Å². The number of hydrogen-bond acceptors (Lipinski definition) is 3. The highest BCUT2D eigenvalue weighted by molar-refractivity contribution is 6.22. The molecule has 4 heteroatoms. The molecule has 0 saturated carbocycles. The van der Waals surface area contributed by atoms with Crippen molar-refractivity contribution in [3.05, 3.63) is 29.8 Å². The fourth-order valence-electron chi connectivity index (χ4n) is 0.877. The molecule has 0 aromatic heterocycles. The molecular weight excluding hydrogens is 168 g/mol. The van der Waals surface area contributed by atoms with E-state index in [1.807, 2.05) is 31.2 Å². The average Bonchev–Trinajstić information content (AvgIpc) is 2.03. The Morgan fingerprint density at radius 2 is 2.38 bits per heavy atom. The van der Waals surface area contributed by atoms with E-state index in [2.05, 4.69) is 10.5 Å². The molecule has 0 aliphatic rings. The molecule has 0 fully saturated rings. The van der Waals surface area contributed by atoms with Gasteiger partial charge >= 0.3 is 5.97 Å². The first-order valence-electron chi connectivity index (χ1n) is 3.77. The number of hydrogen-bond donors (Lipinski definition) is 2. The van der Waals surface area contributed by atoms with E-state index in [-0.39, 0.29) is 0 Å². The fraction of sp³-hybridized carbons (Fsp3) is 0.111. The standard InChI is InChI=1S/C9H10N2O2/c1-7-3-2-4-8(5-7)11-10-6-9(12)13/h2-6,11H,1H3,(H,12,13)/b10-6+. The van der Waals surface area contributed by atoms with Crippen molar-refractivity contribution in [2.45, 2.75) is 6.92 Å². The number of carbonyl (C=O) groups is 1. The van der Waals surface area contributed by atoms with Gasteiger partial charge in [-0.15, -0.1) is 0 Å². The first kappa shape index (κ1) is 9.25. The lowest BCUT2D eigenvalue weighted by molar-refractivity contribution is -0.128. The maximum absolute atomic E-state index is 10.1. The van der Waals surface area contributed by atoms with E-state index in [1.54, 1.807) is 0 Å². The summed E-state index contributed by atoms with van der Waals surface area (Å²) in [5.41, 5.74) is 4.47. The van der Waals surface area contributed by atoms with E-state index in [4.69, 9.17) is 5.11 Å². The molecule has 0 bridgehead atoms. The van der Waals surface area contributed by atoms with Crippen molar-refractivity contribution in [3.8, 4) is 0 Å². The lowest BCUT2D eigenvalue weighted by Crippen LogP contribution is -1.98. The molecule has 4 nitrogen and oxygen atoms in total. The molecule has 1 rings (SSSR count). The van der Waals surface area contributed by atoms with Crippen molar-refractivity contribution in [1.29, 1.82) is 0 Å². The maximum atomic E-state index is 10.1. The van der Waals surface area contributed by atoms with Crippen molar-refractivity contribution >= 4 is 17.9 Å². The van der Waals surface area contributed by atoms with Crippen LogP contribution < -0.4 is 5.43 Å². The molecule has 1 aromatic rings. The van der Waals surface area contributed by atoms with Crippen molar-refractivity contribution < 1.29 is 9.90 Å². The van der Waals surface area contributed by atoms with Gasteiger partial charge < -0.3 is 5.11 Å². The van der Waals surface area contributed by atoms with Crippen LogP contribution in [0.5, 0.6) is 0 Å². The van der Waals surface area contributed by atoms with Gasteiger partial charge in [-0.1, -0.05) is 12.1 Å². The third-order valence-electron chi connectivity index (χ3n) is 1.39. The van der Waals surface area contributed by atoms with Gasteiger partial charge in [-0.25, -0.2) is 4.79 Å². The van der Waals surface area contributed by atoms with Crippen LogP contribution in [-0.2, 0) is 4.79 Å². The fourth-order valence-corrected chi connectivity index (χ4v) is 0.877. The van der Waals surface area contributed by atoms with Crippen LogP contribution >= 0.6 is 0 Å². The molecule has 0 amide bonds. The van der Waals surface area contributed by atoms with Crippen molar-refractivity contribution in [2.75, 3.05) is 5.43 Å². The van der Waals surface area contributed by atoms with Crippen LogP contribution in [-0.4, -0.2) is 17.3 Å². The Labute approximate surface area is 75.9 Å². The molecule has 0 heterocycles. The summed E-state index contributed by atoms with van der Waals surface area (Å²) in [7, 11) is 0. The summed E-state index contributed by atoms with van der Waals surface area (Å²) in [6.07, 6.45) is 0.808. The lowest BCUT2D eigenvalue weighted by Gasteiger charge is -1.99. The highest BCUT2D eigenvalue weighted by atomic mass is 16.4. The Morgan fingerprint density at radius 3 is 3.00 bits per heavy atom. The first-order chi connectivity index (χ1) is 6.18. The average molecular weight is 178 g/mol. The normalized spacial score (nSPS) is 10.2. The second-order valence-electron chi connectivity index (χ2n) is 2.58. The summed E-state index contributed by atoms with van der Waals surface area (Å²) in [5, 5.41) is 11.8. The minimum absolute atomic E-state index is 0.775. The number of aliphatic carboxylic acids is 1. The van der Waals surface area contributed by atoms with Crippen molar-refractivity contribution in [3.63, 3.8) is 0 Å². The summed E-state index contributed by atoms with van der Waals surface area (Å²) in [6, 6.07) is 7.51. The van der Waals surface area contributed by atoms with E-state index < -0.39 is 5.97 Å². The molecule has 2 N–H and O–H groups in total. The minimum Gasteiger partial charge on any atom is -0.477 e. The zero-order valence-corrected chi connectivity index (χ0v) is 7.19. The van der Waals surface area contributed by atoms with E-state index in [0.717, 1.165) is 17.5 Å². The van der Waals surface area contributed by atoms with Crippen LogP contribution in [0.3, 0.4) is 0 Å². The SMILES string of the molecule is Cc1cccc(N/N=C/C(=O)O)c1. The zero-order chi connectivity index (χ0) is 9.68. The number of nitrogens with zero attached hydrogens (tertiary/aromatic N) is 1. The number of carboxylic acid groups (broad SMARTS) is 1. The number of aryl methyl sites for hydroxylation is 1. The van der Waals surface area contributed by atoms with Crippen LogP contribution in [0, 0.1) is 6.92 Å². The second-order valence-corrected chi connectivity index (χ2v) is 2.58. The number of anilines is 1. The lowest BCUT2D eigenvalue weighted by atomic mass is 10.2. The summed E-state index contributed by atoms with van der Waals surface area (Å²) >= 11 is 0. The largest absolute Gasteiger partial charge is 0.477 e. The maximum Gasteiger partial charge on any atom is 0.348 e. The molecule has 0 unspecified atom stereocenters. The summed E-state index contributed by atoms with van der Waals surface area (Å²) in [6.45, 7) is 1.95. The predicted molar refractivity (Wildman–Crippen MR) is 50.9 cm³/mol. The van der Waals surface area contributed by atoms with Gasteiger partial charge in [0.25, 0.3) is 0 Å². The Kier molecular flexibility index (Phi) is 3.03. The number of benzene rings is 1. The topological polar surface area (TPSA) is 61.7 Å². The number of nitrogens with one attached hydrogen (secondary N) is 1. The molecule has 0 saturated heterocycles. The van der Waals surface area contributed by atoms with Crippen molar-refractivity contribution in [1.82, 2.24) is 0 Å². The number of hydrazone groups is 1. The smallest absolute Gasteiger partial charge is 0.348 e. The van der Waals surface area contributed by atoms with Gasteiger partial charge in [0.2, 0.25) is 0 Å². The molecule has 1 aromatic carbocycles. The van der Waals surface area contributed by atoms with Gasteiger partial charge in [-0.05, 0) is 24.6 Å². The van der Waals surface area contributed by atoms with Crippen LogP contribution in [0.2, 0.25) is 0 Å². The molecule has 0 spiro atoms. The highest BCUT2D eigenvalue weighted by Crippen LogP contribution is 2.08. The first-order valence-corrected chi connectivity index (χ1v) is 3.77. The van der Waals surface area contributed by atoms with E-state index >= 15 is 0 Å². The van der Waals surface area contributed by atoms with E-state index in [0.29, 0.717) is 0 Å². The monoisotopic (exact) mass is 178 g/mol. The molecule has 68 valence electrons. The van der Waals surface area contributed by atoms with E-state index in [1.165, 1.54) is 0 Å². The van der Waals surface area contributed by atoms with Crippen LogP contribution in [0.15, 0.2) is 29.4 Å². The van der Waals surface area contributed by atoms with Crippen LogP contribution in [0.25, 0.3) is 0 Å². The Hall–Kier alpha value is -1.84. The quantitative estimate of drug-likeness (QED) is 0.544. The van der Waals surface area contributed by atoms with Gasteiger partial charge in [0.05, 0.1) is 5.69 Å². The molecular formula is C9H10N2O2. The molecule has 0 radical (unpaired) electrons. The Bertz CT molecular complexity index is 334. The summed E-state index contributed by atoms with van der Waals surface area (Å²) in [4.78, 5) is 10.1. The molecule has 13 heavy (non-hydrogen) atoms. The molecule has 0 aliphatic carbocycles. The van der Waals surface area contributed by atoms with Gasteiger partial charge in [-0.2, -0.15) is 5.10 Å². The Balaban J connectivity index is 2.59. The number of rotatable bonds is 3. The second kappa shape index (κ2) is 4.25.